The molecule has 0 heterocycles. The van der Waals surface area contributed by atoms with E-state index in [0.29, 0.717) is 23.5 Å². The predicted molar refractivity (Wildman–Crippen MR) is 92.9 cm³/mol. The van der Waals surface area contributed by atoms with Gasteiger partial charge in [0.05, 0.1) is 12.5 Å². The Hall–Kier alpha value is -2.61. The van der Waals surface area contributed by atoms with Crippen LogP contribution in [-0.2, 0) is 6.42 Å². The molecule has 0 amide bonds. The van der Waals surface area contributed by atoms with Crippen LogP contribution in [0, 0.1) is 16.7 Å². The Morgan fingerprint density at radius 1 is 1.09 bits per heavy atom. The average molecular weight is 311 g/mol. The topological polar surface area (TPSA) is 82.0 Å². The second-order valence-corrected chi connectivity index (χ2v) is 6.80. The molecule has 0 aliphatic rings. The molecule has 1 atom stereocenters. The van der Waals surface area contributed by atoms with Crippen LogP contribution >= 0.6 is 0 Å². The van der Waals surface area contributed by atoms with Crippen LogP contribution in [0.4, 0.5) is 17.1 Å². The number of hydrogen-bond acceptors (Lipinski definition) is 5. The molecule has 0 aliphatic carbocycles. The van der Waals surface area contributed by atoms with E-state index < -0.39 is 10.9 Å². The van der Waals surface area contributed by atoms with Crippen molar-refractivity contribution >= 4 is 17.1 Å². The summed E-state index contributed by atoms with van der Waals surface area (Å²) >= 11 is 0. The largest absolute Gasteiger partial charge is 0.377 e. The standard InChI is InChI=1S/C18H21N3O2/c1-11(18(2,3)4)20-14-15(17(23)16(14)22)21-13-7-5-12(6-8-13)9-10-19/h5-8,11,20-21H,9H2,1-4H3/t11-/m1/s1. The van der Waals surface area contributed by atoms with Gasteiger partial charge >= 0.3 is 0 Å². The summed E-state index contributed by atoms with van der Waals surface area (Å²) < 4.78 is 0. The average Bonchev–Trinajstić information content (AvgIpc) is 2.51. The molecule has 5 nitrogen and oxygen atoms in total. The van der Waals surface area contributed by atoms with Gasteiger partial charge in [0.25, 0.3) is 10.9 Å². The van der Waals surface area contributed by atoms with E-state index in [1.165, 1.54) is 0 Å². The van der Waals surface area contributed by atoms with Crippen LogP contribution in [-0.4, -0.2) is 6.04 Å². The maximum atomic E-state index is 11.8. The minimum absolute atomic E-state index is 0.0318. The summed E-state index contributed by atoms with van der Waals surface area (Å²) in [5, 5.41) is 14.8. The summed E-state index contributed by atoms with van der Waals surface area (Å²) in [6, 6.07) is 9.36. The number of anilines is 3. The van der Waals surface area contributed by atoms with Gasteiger partial charge in [-0.3, -0.25) is 9.59 Å². The van der Waals surface area contributed by atoms with Gasteiger partial charge in [0.2, 0.25) is 0 Å². The number of nitriles is 1. The van der Waals surface area contributed by atoms with E-state index in [9.17, 15) is 9.59 Å². The van der Waals surface area contributed by atoms with Gasteiger partial charge in [-0.15, -0.1) is 0 Å². The zero-order valence-corrected chi connectivity index (χ0v) is 13.9. The third kappa shape index (κ3) is 3.59. The third-order valence-corrected chi connectivity index (χ3v) is 4.08. The molecule has 2 aromatic rings. The van der Waals surface area contributed by atoms with Gasteiger partial charge in [-0.05, 0) is 30.0 Å². The zero-order chi connectivity index (χ0) is 17.2. The fraction of sp³-hybridized carbons (Fsp3) is 0.389. The molecule has 0 aromatic heterocycles. The van der Waals surface area contributed by atoms with E-state index in [1.54, 1.807) is 12.1 Å². The Bertz CT molecular complexity index is 801. The third-order valence-electron chi connectivity index (χ3n) is 4.08. The van der Waals surface area contributed by atoms with E-state index in [4.69, 9.17) is 5.26 Å². The molecule has 23 heavy (non-hydrogen) atoms. The molecule has 2 aromatic carbocycles. The van der Waals surface area contributed by atoms with Crippen LogP contribution < -0.4 is 21.5 Å². The first kappa shape index (κ1) is 16.8. The molecule has 0 aliphatic heterocycles. The molecular weight excluding hydrogens is 290 g/mol. The van der Waals surface area contributed by atoms with Crippen molar-refractivity contribution in [3.8, 4) is 6.07 Å². The Labute approximate surface area is 135 Å². The molecule has 0 saturated carbocycles. The maximum Gasteiger partial charge on any atom is 0.253 e. The molecule has 0 bridgehead atoms. The van der Waals surface area contributed by atoms with E-state index >= 15 is 0 Å². The quantitative estimate of drug-likeness (QED) is 0.830. The lowest BCUT2D eigenvalue weighted by Crippen LogP contribution is -2.41. The molecule has 120 valence electrons. The maximum absolute atomic E-state index is 11.8. The normalized spacial score (nSPS) is 12.7. The SMILES string of the molecule is C[C@@H](Nc1c(Nc2ccc(CC#N)cc2)c(=O)c1=O)C(C)(C)C. The Morgan fingerprint density at radius 3 is 2.17 bits per heavy atom. The van der Waals surface area contributed by atoms with Crippen LogP contribution in [0.5, 0.6) is 0 Å². The summed E-state index contributed by atoms with van der Waals surface area (Å²) in [6.07, 6.45) is 0.344. The minimum Gasteiger partial charge on any atom is -0.377 e. The van der Waals surface area contributed by atoms with Gasteiger partial charge < -0.3 is 10.6 Å². The molecule has 0 saturated heterocycles. The van der Waals surface area contributed by atoms with Crippen LogP contribution in [0.2, 0.25) is 0 Å². The van der Waals surface area contributed by atoms with Crippen molar-refractivity contribution in [3.63, 3.8) is 0 Å². The zero-order valence-electron chi connectivity index (χ0n) is 13.9. The van der Waals surface area contributed by atoms with Crippen molar-refractivity contribution in [2.24, 2.45) is 5.41 Å². The highest BCUT2D eigenvalue weighted by Gasteiger charge is 2.26. The summed E-state index contributed by atoms with van der Waals surface area (Å²) in [5.74, 6) is 0. The van der Waals surface area contributed by atoms with E-state index in [2.05, 4.69) is 37.5 Å². The van der Waals surface area contributed by atoms with Crippen molar-refractivity contribution in [1.82, 2.24) is 0 Å². The number of nitrogens with one attached hydrogen (secondary N) is 2. The van der Waals surface area contributed by atoms with Gasteiger partial charge in [-0.1, -0.05) is 32.9 Å². The molecule has 5 heteroatoms. The number of rotatable bonds is 5. The van der Waals surface area contributed by atoms with Crippen molar-refractivity contribution in [2.45, 2.75) is 40.2 Å². The van der Waals surface area contributed by atoms with Gasteiger partial charge in [0, 0.05) is 11.7 Å². The number of benzene rings is 1. The highest BCUT2D eigenvalue weighted by Crippen LogP contribution is 2.26. The molecule has 2 rings (SSSR count). The smallest absolute Gasteiger partial charge is 0.253 e. The minimum atomic E-state index is -0.505. The summed E-state index contributed by atoms with van der Waals surface area (Å²) in [7, 11) is 0. The second kappa shape index (κ2) is 6.25. The van der Waals surface area contributed by atoms with Crippen LogP contribution in [0.25, 0.3) is 0 Å². The monoisotopic (exact) mass is 311 g/mol. The fourth-order valence-electron chi connectivity index (χ4n) is 2.02. The van der Waals surface area contributed by atoms with Crippen molar-refractivity contribution in [1.29, 1.82) is 5.26 Å². The lowest BCUT2D eigenvalue weighted by molar-refractivity contribution is 0.359. The molecule has 0 unspecified atom stereocenters. The van der Waals surface area contributed by atoms with Crippen molar-refractivity contribution in [2.75, 3.05) is 10.6 Å². The van der Waals surface area contributed by atoms with Gasteiger partial charge in [-0.2, -0.15) is 5.26 Å². The first-order valence-electron chi connectivity index (χ1n) is 7.57. The van der Waals surface area contributed by atoms with Gasteiger partial charge in [-0.25, -0.2) is 0 Å². The molecule has 0 spiro atoms. The van der Waals surface area contributed by atoms with E-state index in [-0.39, 0.29) is 11.5 Å². The Kier molecular flexibility index (Phi) is 4.55. The highest BCUT2D eigenvalue weighted by atomic mass is 16.2. The van der Waals surface area contributed by atoms with Crippen molar-refractivity contribution in [3.05, 3.63) is 50.3 Å². The lowest BCUT2D eigenvalue weighted by atomic mass is 9.87. The predicted octanol–water partition coefficient (Wildman–Crippen LogP) is 2.94. The van der Waals surface area contributed by atoms with Crippen molar-refractivity contribution < 1.29 is 0 Å². The fourth-order valence-corrected chi connectivity index (χ4v) is 2.02. The number of hydrogen-bond donors (Lipinski definition) is 2. The number of nitrogens with zero attached hydrogens (tertiary/aromatic N) is 1. The van der Waals surface area contributed by atoms with E-state index in [0.717, 1.165) is 5.56 Å². The van der Waals surface area contributed by atoms with E-state index in [1.807, 2.05) is 19.1 Å². The van der Waals surface area contributed by atoms with Crippen LogP contribution in [0.15, 0.2) is 33.9 Å². The second-order valence-electron chi connectivity index (χ2n) is 6.80. The first-order valence-corrected chi connectivity index (χ1v) is 7.57. The summed E-state index contributed by atoms with van der Waals surface area (Å²) in [6.45, 7) is 8.18. The Balaban J connectivity index is 2.18. The molecular formula is C18H21N3O2. The van der Waals surface area contributed by atoms with Crippen LogP contribution in [0.3, 0.4) is 0 Å². The van der Waals surface area contributed by atoms with Gasteiger partial charge in [0.1, 0.15) is 11.4 Å². The van der Waals surface area contributed by atoms with Gasteiger partial charge in [0.15, 0.2) is 0 Å². The molecule has 0 radical (unpaired) electrons. The molecule has 0 fully saturated rings. The summed E-state index contributed by atoms with van der Waals surface area (Å²) in [4.78, 5) is 23.6. The molecule has 2 N–H and O–H groups in total. The Morgan fingerprint density at radius 2 is 1.65 bits per heavy atom. The first-order chi connectivity index (χ1) is 10.7. The van der Waals surface area contributed by atoms with Crippen LogP contribution in [0.1, 0.15) is 33.3 Å². The summed E-state index contributed by atoms with van der Waals surface area (Å²) in [5.41, 5.74) is 1.25. The highest BCUT2D eigenvalue weighted by molar-refractivity contribution is 5.79. The lowest BCUT2D eigenvalue weighted by Gasteiger charge is -2.30.